The van der Waals surface area contributed by atoms with Crippen LogP contribution < -0.4 is 4.90 Å². The van der Waals surface area contributed by atoms with Crippen molar-refractivity contribution in [2.45, 2.75) is 51.9 Å². The normalized spacial score (nSPS) is 10.5. The van der Waals surface area contributed by atoms with Crippen LogP contribution >= 0.6 is 0 Å². The summed E-state index contributed by atoms with van der Waals surface area (Å²) in [7, 11) is 0. The molecule has 2 heteroatoms. The molecule has 2 nitrogen and oxygen atoms in total. The number of carbonyl (C=O) groups excluding carboxylic acids is 1. The number of hydrogen-bond acceptors (Lipinski definition) is 1. The molecule has 2 rings (SSSR count). The summed E-state index contributed by atoms with van der Waals surface area (Å²) in [5.41, 5.74) is 1.88. The first-order chi connectivity index (χ1) is 11.3. The topological polar surface area (TPSA) is 20.3 Å². The van der Waals surface area contributed by atoms with Gasteiger partial charge in [-0.3, -0.25) is 9.69 Å². The van der Waals surface area contributed by atoms with Gasteiger partial charge in [0.1, 0.15) is 0 Å². The van der Waals surface area contributed by atoms with Gasteiger partial charge in [-0.1, -0.05) is 75.4 Å². The van der Waals surface area contributed by atoms with Gasteiger partial charge in [-0.05, 0) is 30.7 Å². The average Bonchev–Trinajstić information content (AvgIpc) is 2.60. The van der Waals surface area contributed by atoms with Crippen LogP contribution in [0.25, 0.3) is 0 Å². The molecule has 1 amide bonds. The van der Waals surface area contributed by atoms with Gasteiger partial charge < -0.3 is 0 Å². The first kappa shape index (κ1) is 17.3. The standard InChI is InChI=1S/C21H27NO/c1-2-3-4-5-6-13-18-21(23)22(19-14-9-7-10-15-19)20-16-11-8-12-17-20/h7-12,14-17H,2-6,13,18H2,1H3. The molecular weight excluding hydrogens is 282 g/mol. The van der Waals surface area contributed by atoms with Crippen LogP contribution in [0.15, 0.2) is 60.7 Å². The number of nitrogens with zero attached hydrogens (tertiary/aromatic N) is 1. The quantitative estimate of drug-likeness (QED) is 0.512. The van der Waals surface area contributed by atoms with Crippen molar-refractivity contribution in [1.82, 2.24) is 0 Å². The van der Waals surface area contributed by atoms with Crippen LogP contribution in [-0.2, 0) is 4.79 Å². The molecule has 0 aromatic heterocycles. The summed E-state index contributed by atoms with van der Waals surface area (Å²) in [6.07, 6.45) is 7.80. The predicted octanol–water partition coefficient (Wildman–Crippen LogP) is 6.10. The molecule has 0 aliphatic carbocycles. The Morgan fingerprint density at radius 1 is 0.739 bits per heavy atom. The van der Waals surface area contributed by atoms with Gasteiger partial charge in [0.2, 0.25) is 5.91 Å². The van der Waals surface area contributed by atoms with Crippen LogP contribution in [0.4, 0.5) is 11.4 Å². The van der Waals surface area contributed by atoms with E-state index in [0.29, 0.717) is 6.42 Å². The zero-order chi connectivity index (χ0) is 16.3. The number of hydrogen-bond donors (Lipinski definition) is 0. The van der Waals surface area contributed by atoms with E-state index in [1.807, 2.05) is 65.6 Å². The largest absolute Gasteiger partial charge is 0.281 e. The van der Waals surface area contributed by atoms with Crippen molar-refractivity contribution < 1.29 is 4.79 Å². The van der Waals surface area contributed by atoms with Gasteiger partial charge in [-0.15, -0.1) is 0 Å². The highest BCUT2D eigenvalue weighted by molar-refractivity contribution is 6.00. The van der Waals surface area contributed by atoms with Crippen LogP contribution in [0.1, 0.15) is 51.9 Å². The molecule has 23 heavy (non-hydrogen) atoms. The van der Waals surface area contributed by atoms with Crippen molar-refractivity contribution in [3.05, 3.63) is 60.7 Å². The fraction of sp³-hybridized carbons (Fsp3) is 0.381. The van der Waals surface area contributed by atoms with E-state index >= 15 is 0 Å². The number of carbonyl (C=O) groups is 1. The Bertz CT molecular complexity index is 525. The predicted molar refractivity (Wildman–Crippen MR) is 98.0 cm³/mol. The monoisotopic (exact) mass is 309 g/mol. The molecule has 0 atom stereocenters. The second kappa shape index (κ2) is 9.83. The van der Waals surface area contributed by atoms with Crippen molar-refractivity contribution in [2.24, 2.45) is 0 Å². The molecule has 0 aliphatic heterocycles. The Balaban J connectivity index is 1.99. The molecule has 0 N–H and O–H groups in total. The summed E-state index contributed by atoms with van der Waals surface area (Å²) in [6, 6.07) is 19.8. The van der Waals surface area contributed by atoms with E-state index < -0.39 is 0 Å². The molecule has 2 aromatic carbocycles. The van der Waals surface area contributed by atoms with Crippen molar-refractivity contribution in [3.63, 3.8) is 0 Å². The number of amides is 1. The highest BCUT2D eigenvalue weighted by atomic mass is 16.2. The Hall–Kier alpha value is -2.09. The number of para-hydroxylation sites is 2. The molecule has 0 aliphatic rings. The van der Waals surface area contributed by atoms with E-state index in [1.54, 1.807) is 0 Å². The molecule has 0 heterocycles. The summed E-state index contributed by atoms with van der Waals surface area (Å²) in [5.74, 6) is 0.179. The van der Waals surface area contributed by atoms with Gasteiger partial charge in [0.05, 0.1) is 0 Å². The minimum Gasteiger partial charge on any atom is -0.281 e. The number of rotatable bonds is 9. The lowest BCUT2D eigenvalue weighted by atomic mass is 10.1. The van der Waals surface area contributed by atoms with E-state index in [4.69, 9.17) is 0 Å². The second-order valence-corrected chi connectivity index (χ2v) is 5.92. The van der Waals surface area contributed by atoms with Crippen LogP contribution in [0.3, 0.4) is 0 Å². The van der Waals surface area contributed by atoms with Gasteiger partial charge in [-0.25, -0.2) is 0 Å². The Morgan fingerprint density at radius 2 is 1.22 bits per heavy atom. The lowest BCUT2D eigenvalue weighted by Crippen LogP contribution is -2.25. The van der Waals surface area contributed by atoms with Crippen molar-refractivity contribution >= 4 is 17.3 Å². The lowest BCUT2D eigenvalue weighted by Gasteiger charge is -2.23. The zero-order valence-corrected chi connectivity index (χ0v) is 14.1. The Kier molecular flexibility index (Phi) is 7.38. The molecule has 2 aromatic rings. The fourth-order valence-corrected chi connectivity index (χ4v) is 2.76. The van der Waals surface area contributed by atoms with Crippen LogP contribution in [-0.4, -0.2) is 5.91 Å². The summed E-state index contributed by atoms with van der Waals surface area (Å²) in [6.45, 7) is 2.22. The van der Waals surface area contributed by atoms with Gasteiger partial charge in [-0.2, -0.15) is 0 Å². The number of unbranched alkanes of at least 4 members (excludes halogenated alkanes) is 5. The SMILES string of the molecule is CCCCCCCCC(=O)N(c1ccccc1)c1ccccc1. The summed E-state index contributed by atoms with van der Waals surface area (Å²) in [4.78, 5) is 14.6. The molecule has 0 bridgehead atoms. The average molecular weight is 309 g/mol. The molecule has 0 fully saturated rings. The van der Waals surface area contributed by atoms with E-state index in [0.717, 1.165) is 24.2 Å². The third kappa shape index (κ3) is 5.55. The number of benzene rings is 2. The van der Waals surface area contributed by atoms with E-state index in [9.17, 15) is 4.79 Å². The van der Waals surface area contributed by atoms with Gasteiger partial charge >= 0.3 is 0 Å². The molecule has 122 valence electrons. The fourth-order valence-electron chi connectivity index (χ4n) is 2.76. The van der Waals surface area contributed by atoms with Crippen molar-refractivity contribution in [2.75, 3.05) is 4.90 Å². The summed E-state index contributed by atoms with van der Waals surface area (Å²) >= 11 is 0. The summed E-state index contributed by atoms with van der Waals surface area (Å²) < 4.78 is 0. The first-order valence-corrected chi connectivity index (χ1v) is 8.76. The minimum absolute atomic E-state index is 0.179. The second-order valence-electron chi connectivity index (χ2n) is 5.92. The minimum atomic E-state index is 0.179. The molecule has 0 radical (unpaired) electrons. The molecular formula is C21H27NO. The maximum absolute atomic E-state index is 12.8. The van der Waals surface area contributed by atoms with Crippen LogP contribution in [0.5, 0.6) is 0 Å². The van der Waals surface area contributed by atoms with E-state index in [-0.39, 0.29) is 5.91 Å². The molecule has 0 saturated heterocycles. The highest BCUT2D eigenvalue weighted by Gasteiger charge is 2.16. The van der Waals surface area contributed by atoms with Crippen molar-refractivity contribution in [1.29, 1.82) is 0 Å². The van der Waals surface area contributed by atoms with E-state index in [1.165, 1.54) is 25.7 Å². The van der Waals surface area contributed by atoms with Gasteiger partial charge in [0.15, 0.2) is 0 Å². The third-order valence-corrected chi connectivity index (χ3v) is 4.02. The maximum atomic E-state index is 12.8. The van der Waals surface area contributed by atoms with Gasteiger partial charge in [0.25, 0.3) is 0 Å². The van der Waals surface area contributed by atoms with Crippen molar-refractivity contribution in [3.8, 4) is 0 Å². The first-order valence-electron chi connectivity index (χ1n) is 8.76. The van der Waals surface area contributed by atoms with Crippen LogP contribution in [0.2, 0.25) is 0 Å². The summed E-state index contributed by atoms with van der Waals surface area (Å²) in [5, 5.41) is 0. The zero-order valence-electron chi connectivity index (χ0n) is 14.1. The Morgan fingerprint density at radius 3 is 1.74 bits per heavy atom. The molecule has 0 spiro atoms. The van der Waals surface area contributed by atoms with E-state index in [2.05, 4.69) is 6.92 Å². The maximum Gasteiger partial charge on any atom is 0.231 e. The number of anilines is 2. The van der Waals surface area contributed by atoms with Crippen LogP contribution in [0, 0.1) is 0 Å². The molecule has 0 unspecified atom stereocenters. The third-order valence-electron chi connectivity index (χ3n) is 4.02. The highest BCUT2D eigenvalue weighted by Crippen LogP contribution is 2.26. The smallest absolute Gasteiger partial charge is 0.231 e. The molecule has 0 saturated carbocycles. The van der Waals surface area contributed by atoms with Gasteiger partial charge in [0, 0.05) is 17.8 Å². The lowest BCUT2D eigenvalue weighted by molar-refractivity contribution is -0.118. The Labute approximate surface area is 140 Å².